The summed E-state index contributed by atoms with van der Waals surface area (Å²) in [7, 11) is 0. The summed E-state index contributed by atoms with van der Waals surface area (Å²) in [5.74, 6) is -0.306. The Morgan fingerprint density at radius 3 is 2.33 bits per heavy atom. The normalized spacial score (nSPS) is 12.4. The fraction of sp³-hybridized carbons (Fsp3) is 0.619. The van der Waals surface area contributed by atoms with Crippen molar-refractivity contribution in [3.8, 4) is 0 Å². The van der Waals surface area contributed by atoms with E-state index in [0.717, 1.165) is 30.4 Å². The van der Waals surface area contributed by atoms with E-state index in [1.54, 1.807) is 25.7 Å². The van der Waals surface area contributed by atoms with Gasteiger partial charge in [0.1, 0.15) is 11.6 Å². The first-order valence-corrected chi connectivity index (χ1v) is 9.61. The quantitative estimate of drug-likeness (QED) is 0.646. The lowest BCUT2D eigenvalue weighted by Gasteiger charge is -2.28. The molecule has 1 atom stereocenters. The second kappa shape index (κ2) is 10.9. The summed E-state index contributed by atoms with van der Waals surface area (Å²) in [6.45, 7) is 9.90. The van der Waals surface area contributed by atoms with Crippen molar-refractivity contribution in [2.24, 2.45) is 0 Å². The molecule has 0 heterocycles. The molecule has 152 valence electrons. The largest absolute Gasteiger partial charge is 0.444 e. The fourth-order valence-electron chi connectivity index (χ4n) is 2.59. The minimum Gasteiger partial charge on any atom is -0.444 e. The lowest BCUT2D eigenvalue weighted by molar-refractivity contribution is -0.135. The number of benzene rings is 1. The average molecular weight is 379 g/mol. The van der Waals surface area contributed by atoms with Crippen LogP contribution in [0, 0.1) is 6.92 Å². The second-order valence-corrected chi connectivity index (χ2v) is 7.83. The molecule has 0 bridgehead atoms. The van der Waals surface area contributed by atoms with E-state index in [1.165, 1.54) is 0 Å². The maximum absolute atomic E-state index is 12.9. The standard InChI is InChI=1S/C21H34N2O4/c1-6-7-8-13-23(14-17-11-9-16(2)10-12-17)19(25)18(15-24)22-20(26)27-21(3,4)5/h9-12,18,24H,6-8,13-15H2,1-5H3,(H,22,26)/t18-/m0/s1. The van der Waals surface area contributed by atoms with Crippen LogP contribution in [0.15, 0.2) is 24.3 Å². The first-order chi connectivity index (χ1) is 12.7. The van der Waals surface area contributed by atoms with Gasteiger partial charge in [-0.05, 0) is 39.7 Å². The first kappa shape index (κ1) is 23.0. The molecule has 27 heavy (non-hydrogen) atoms. The highest BCUT2D eigenvalue weighted by Crippen LogP contribution is 2.11. The molecule has 0 saturated heterocycles. The summed E-state index contributed by atoms with van der Waals surface area (Å²) in [5.41, 5.74) is 1.50. The van der Waals surface area contributed by atoms with Crippen molar-refractivity contribution in [3.05, 3.63) is 35.4 Å². The summed E-state index contributed by atoms with van der Waals surface area (Å²) in [6, 6.07) is 6.97. The molecule has 0 aliphatic rings. The van der Waals surface area contributed by atoms with Crippen LogP contribution in [0.3, 0.4) is 0 Å². The molecule has 0 fully saturated rings. The topological polar surface area (TPSA) is 78.9 Å². The first-order valence-electron chi connectivity index (χ1n) is 9.61. The van der Waals surface area contributed by atoms with Crippen molar-refractivity contribution in [1.29, 1.82) is 0 Å². The lowest BCUT2D eigenvalue weighted by Crippen LogP contribution is -2.51. The highest BCUT2D eigenvalue weighted by molar-refractivity contribution is 5.85. The number of aryl methyl sites for hydroxylation is 1. The highest BCUT2D eigenvalue weighted by atomic mass is 16.6. The highest BCUT2D eigenvalue weighted by Gasteiger charge is 2.27. The lowest BCUT2D eigenvalue weighted by atomic mass is 10.1. The minimum atomic E-state index is -1.02. The van der Waals surface area contributed by atoms with E-state index in [4.69, 9.17) is 4.74 Å². The zero-order valence-corrected chi connectivity index (χ0v) is 17.2. The maximum atomic E-state index is 12.9. The summed E-state index contributed by atoms with van der Waals surface area (Å²) >= 11 is 0. The van der Waals surface area contributed by atoms with Crippen LogP contribution in [0.4, 0.5) is 4.79 Å². The molecule has 1 aromatic carbocycles. The molecule has 2 amide bonds. The third-order valence-electron chi connectivity index (χ3n) is 4.01. The van der Waals surface area contributed by atoms with E-state index in [0.29, 0.717) is 13.1 Å². The van der Waals surface area contributed by atoms with Gasteiger partial charge in [-0.25, -0.2) is 4.79 Å². The van der Waals surface area contributed by atoms with Crippen LogP contribution in [0.5, 0.6) is 0 Å². The molecule has 0 aromatic heterocycles. The van der Waals surface area contributed by atoms with Gasteiger partial charge in [0.15, 0.2) is 0 Å². The Morgan fingerprint density at radius 1 is 1.19 bits per heavy atom. The number of aliphatic hydroxyl groups is 1. The van der Waals surface area contributed by atoms with E-state index in [9.17, 15) is 14.7 Å². The van der Waals surface area contributed by atoms with Gasteiger partial charge in [-0.1, -0.05) is 49.6 Å². The van der Waals surface area contributed by atoms with Crippen LogP contribution in [0.25, 0.3) is 0 Å². The molecule has 0 saturated carbocycles. The third-order valence-corrected chi connectivity index (χ3v) is 4.01. The molecule has 0 unspecified atom stereocenters. The van der Waals surface area contributed by atoms with Crippen molar-refractivity contribution in [2.45, 2.75) is 72.1 Å². The number of amides is 2. The Kier molecular flexibility index (Phi) is 9.29. The van der Waals surface area contributed by atoms with E-state index >= 15 is 0 Å². The van der Waals surface area contributed by atoms with Gasteiger partial charge in [0, 0.05) is 13.1 Å². The van der Waals surface area contributed by atoms with E-state index in [1.807, 2.05) is 31.2 Å². The minimum absolute atomic E-state index is 0.306. The van der Waals surface area contributed by atoms with Gasteiger partial charge in [0.05, 0.1) is 6.61 Å². The van der Waals surface area contributed by atoms with Gasteiger partial charge >= 0.3 is 6.09 Å². The molecule has 1 rings (SSSR count). The van der Waals surface area contributed by atoms with E-state index < -0.39 is 24.3 Å². The number of unbranched alkanes of at least 4 members (excludes halogenated alkanes) is 2. The maximum Gasteiger partial charge on any atom is 0.408 e. The smallest absolute Gasteiger partial charge is 0.408 e. The van der Waals surface area contributed by atoms with Gasteiger partial charge in [0.2, 0.25) is 5.91 Å². The van der Waals surface area contributed by atoms with Gasteiger partial charge < -0.3 is 20.1 Å². The van der Waals surface area contributed by atoms with Gasteiger partial charge in [-0.15, -0.1) is 0 Å². The monoisotopic (exact) mass is 378 g/mol. The molecule has 0 radical (unpaired) electrons. The third kappa shape index (κ3) is 8.91. The van der Waals surface area contributed by atoms with Gasteiger partial charge in [0.25, 0.3) is 0 Å². The van der Waals surface area contributed by atoms with Crippen molar-refractivity contribution in [1.82, 2.24) is 10.2 Å². The Hall–Kier alpha value is -2.08. The van der Waals surface area contributed by atoms with Crippen molar-refractivity contribution >= 4 is 12.0 Å². The number of aliphatic hydroxyl groups excluding tert-OH is 1. The number of hydrogen-bond acceptors (Lipinski definition) is 4. The summed E-state index contributed by atoms with van der Waals surface area (Å²) < 4.78 is 5.20. The Balaban J connectivity index is 2.84. The Labute approximate surface area is 162 Å². The summed E-state index contributed by atoms with van der Waals surface area (Å²) in [5, 5.41) is 12.1. The molecule has 0 aliphatic carbocycles. The van der Waals surface area contributed by atoms with Crippen LogP contribution >= 0.6 is 0 Å². The average Bonchev–Trinajstić information content (AvgIpc) is 2.58. The molecule has 6 nitrogen and oxygen atoms in total. The van der Waals surface area contributed by atoms with Crippen LogP contribution < -0.4 is 5.32 Å². The summed E-state index contributed by atoms with van der Waals surface area (Å²) in [6.07, 6.45) is 2.23. The molecule has 6 heteroatoms. The van der Waals surface area contributed by atoms with Crippen molar-refractivity contribution < 1.29 is 19.4 Å². The van der Waals surface area contributed by atoms with Gasteiger partial charge in [-0.3, -0.25) is 4.79 Å². The Morgan fingerprint density at radius 2 is 1.81 bits per heavy atom. The molecule has 1 aromatic rings. The zero-order chi connectivity index (χ0) is 20.4. The fourth-order valence-corrected chi connectivity index (χ4v) is 2.59. The number of alkyl carbamates (subject to hydrolysis) is 1. The van der Waals surface area contributed by atoms with E-state index in [2.05, 4.69) is 12.2 Å². The molecule has 0 aliphatic heterocycles. The second-order valence-electron chi connectivity index (χ2n) is 7.83. The predicted molar refractivity (Wildman–Crippen MR) is 106 cm³/mol. The number of carbonyl (C=O) groups is 2. The van der Waals surface area contributed by atoms with E-state index in [-0.39, 0.29) is 5.91 Å². The number of nitrogens with zero attached hydrogens (tertiary/aromatic N) is 1. The van der Waals surface area contributed by atoms with Crippen LogP contribution in [-0.4, -0.2) is 46.8 Å². The molecular weight excluding hydrogens is 344 g/mol. The summed E-state index contributed by atoms with van der Waals surface area (Å²) in [4.78, 5) is 26.6. The number of hydrogen-bond donors (Lipinski definition) is 2. The van der Waals surface area contributed by atoms with Crippen LogP contribution in [-0.2, 0) is 16.1 Å². The van der Waals surface area contributed by atoms with Crippen molar-refractivity contribution in [3.63, 3.8) is 0 Å². The number of ether oxygens (including phenoxy) is 1. The predicted octanol–water partition coefficient (Wildman–Crippen LogP) is 3.40. The number of carbonyl (C=O) groups excluding carboxylic acids is 2. The zero-order valence-electron chi connectivity index (χ0n) is 17.2. The van der Waals surface area contributed by atoms with Gasteiger partial charge in [-0.2, -0.15) is 0 Å². The SMILES string of the molecule is CCCCCN(Cc1ccc(C)cc1)C(=O)[C@H](CO)NC(=O)OC(C)(C)C. The molecule has 2 N–H and O–H groups in total. The van der Waals surface area contributed by atoms with Crippen LogP contribution in [0.1, 0.15) is 58.1 Å². The van der Waals surface area contributed by atoms with Crippen molar-refractivity contribution in [2.75, 3.05) is 13.2 Å². The number of rotatable bonds is 9. The van der Waals surface area contributed by atoms with Crippen LogP contribution in [0.2, 0.25) is 0 Å². The molecular formula is C21H34N2O4. The molecule has 0 spiro atoms. The number of nitrogens with one attached hydrogen (secondary N) is 1. The Bertz CT molecular complexity index is 593.